The van der Waals surface area contributed by atoms with E-state index in [9.17, 15) is 0 Å². The van der Waals surface area contributed by atoms with E-state index in [4.69, 9.17) is 0 Å². The Morgan fingerprint density at radius 3 is 0.829 bits per heavy atom. The molecule has 330 valence electrons. The molecule has 0 aromatic heterocycles. The summed E-state index contributed by atoms with van der Waals surface area (Å²) in [6, 6.07) is 84.8. The average Bonchev–Trinajstić information content (AvgIpc) is 3.41. The van der Waals surface area contributed by atoms with Gasteiger partial charge in [-0.25, -0.2) is 0 Å². The lowest BCUT2D eigenvalue weighted by Crippen LogP contribution is -2.10. The maximum absolute atomic E-state index is 2.40. The first-order valence-corrected chi connectivity index (χ1v) is 24.2. The zero-order valence-electron chi connectivity index (χ0n) is 39.1. The van der Waals surface area contributed by atoms with Crippen LogP contribution in [0.2, 0.25) is 0 Å². The molecular weight excluding hydrogens is 845 g/mol. The van der Waals surface area contributed by atoms with Crippen LogP contribution in [0.5, 0.6) is 0 Å². The van der Waals surface area contributed by atoms with Gasteiger partial charge in [0, 0.05) is 33.5 Å². The predicted octanol–water partition coefficient (Wildman–Crippen LogP) is 19.4. The molecule has 0 unspecified atom stereocenters. The number of aryl methyl sites for hydroxylation is 2. The van der Waals surface area contributed by atoms with Gasteiger partial charge in [0.2, 0.25) is 0 Å². The van der Waals surface area contributed by atoms with Crippen molar-refractivity contribution in [3.8, 4) is 0 Å². The molecule has 0 fully saturated rings. The van der Waals surface area contributed by atoms with Gasteiger partial charge in [0.1, 0.15) is 0 Å². The number of nitrogens with zero attached hydrogens (tertiary/aromatic N) is 2. The van der Waals surface area contributed by atoms with Gasteiger partial charge < -0.3 is 9.80 Å². The first kappa shape index (κ1) is 41.2. The van der Waals surface area contributed by atoms with Gasteiger partial charge in [0.15, 0.2) is 0 Å². The molecule has 13 rings (SSSR count). The van der Waals surface area contributed by atoms with Crippen molar-refractivity contribution in [1.29, 1.82) is 0 Å². The first-order chi connectivity index (χ1) is 34.5. The predicted molar refractivity (Wildman–Crippen MR) is 303 cm³/mol. The highest BCUT2D eigenvalue weighted by Crippen LogP contribution is 2.46. The molecule has 13 aromatic carbocycles. The minimum Gasteiger partial charge on any atom is -0.310 e. The quantitative estimate of drug-likeness (QED) is 0.0997. The number of benzene rings is 13. The molecule has 0 aliphatic heterocycles. The lowest BCUT2D eigenvalue weighted by molar-refractivity contribution is 1.29. The van der Waals surface area contributed by atoms with Crippen LogP contribution in [0, 0.1) is 13.8 Å². The Morgan fingerprint density at radius 1 is 0.243 bits per heavy atom. The maximum Gasteiger partial charge on any atom is 0.0540 e. The van der Waals surface area contributed by atoms with Crippen molar-refractivity contribution in [1.82, 2.24) is 0 Å². The van der Waals surface area contributed by atoms with Crippen LogP contribution in [0.25, 0.3) is 88.9 Å². The van der Waals surface area contributed by atoms with E-state index >= 15 is 0 Å². The molecule has 0 heterocycles. The van der Waals surface area contributed by atoms with Crippen molar-refractivity contribution in [2.24, 2.45) is 0 Å². The van der Waals surface area contributed by atoms with Gasteiger partial charge in [-0.3, -0.25) is 0 Å². The summed E-state index contributed by atoms with van der Waals surface area (Å²) >= 11 is 0. The lowest BCUT2D eigenvalue weighted by atomic mass is 9.93. The van der Waals surface area contributed by atoms with Gasteiger partial charge in [0.05, 0.1) is 11.4 Å². The largest absolute Gasteiger partial charge is 0.310 e. The zero-order chi connectivity index (χ0) is 46.7. The summed E-state index contributed by atoms with van der Waals surface area (Å²) in [6.07, 6.45) is 8.79. The van der Waals surface area contributed by atoms with Crippen molar-refractivity contribution < 1.29 is 0 Å². The maximum atomic E-state index is 2.40. The Balaban J connectivity index is 0.745. The van der Waals surface area contributed by atoms with Crippen molar-refractivity contribution in [3.63, 3.8) is 0 Å². The molecule has 0 N–H and O–H groups in total. The van der Waals surface area contributed by atoms with Crippen molar-refractivity contribution in [3.05, 3.63) is 264 Å². The van der Waals surface area contributed by atoms with E-state index in [2.05, 4.69) is 278 Å². The number of rotatable bonds is 10. The Kier molecular flexibility index (Phi) is 9.99. The van der Waals surface area contributed by atoms with Crippen LogP contribution in [0.4, 0.5) is 34.1 Å². The Labute approximate surface area is 408 Å². The Morgan fingerprint density at radius 2 is 0.500 bits per heavy atom. The minimum atomic E-state index is 1.12. The highest BCUT2D eigenvalue weighted by Gasteiger charge is 2.20. The third-order valence-corrected chi connectivity index (χ3v) is 14.3. The second kappa shape index (κ2) is 17.0. The summed E-state index contributed by atoms with van der Waals surface area (Å²) in [6.45, 7) is 4.29. The van der Waals surface area contributed by atoms with E-state index in [1.165, 1.54) is 87.1 Å². The van der Waals surface area contributed by atoms with Gasteiger partial charge in [-0.1, -0.05) is 205 Å². The molecule has 2 heteroatoms. The van der Waals surface area contributed by atoms with E-state index in [0.29, 0.717) is 0 Å². The van der Waals surface area contributed by atoms with Crippen LogP contribution in [0.1, 0.15) is 33.4 Å². The molecule has 0 aliphatic rings. The molecule has 0 radical (unpaired) electrons. The molecule has 0 atom stereocenters. The van der Waals surface area contributed by atoms with Crippen LogP contribution in [0.15, 0.2) is 231 Å². The SMILES string of the molecule is Cc1ccc(N(c2ccc(/C=C/c3ccc(/C=C/c4ccc(N(c5ccc(C)cc5)c5ccc6ccc7cccc8ccc5c6c78)cc4)cc3)cc2)c2ccc3ccc4cccc5ccc2c3c45)cc1. The summed E-state index contributed by atoms with van der Waals surface area (Å²) in [4.78, 5) is 4.79. The molecule has 0 saturated heterocycles. The Hall–Kier alpha value is -8.98. The van der Waals surface area contributed by atoms with Gasteiger partial charge >= 0.3 is 0 Å². The highest BCUT2D eigenvalue weighted by atomic mass is 15.1. The lowest BCUT2D eigenvalue weighted by Gasteiger charge is -2.28. The smallest absolute Gasteiger partial charge is 0.0540 e. The van der Waals surface area contributed by atoms with Crippen LogP contribution < -0.4 is 9.80 Å². The summed E-state index contributed by atoms with van der Waals surface area (Å²) in [5, 5.41) is 15.4. The first-order valence-electron chi connectivity index (χ1n) is 24.2. The molecule has 13 aromatic rings. The van der Waals surface area contributed by atoms with Crippen molar-refractivity contribution >= 4 is 123 Å². The van der Waals surface area contributed by atoms with E-state index < -0.39 is 0 Å². The zero-order valence-corrected chi connectivity index (χ0v) is 39.1. The fourth-order valence-electron chi connectivity index (χ4n) is 10.6. The molecule has 0 spiro atoms. The molecule has 0 amide bonds. The van der Waals surface area contributed by atoms with E-state index in [-0.39, 0.29) is 0 Å². The topological polar surface area (TPSA) is 6.48 Å². The molecule has 0 aliphatic carbocycles. The van der Waals surface area contributed by atoms with Crippen LogP contribution >= 0.6 is 0 Å². The summed E-state index contributed by atoms with van der Waals surface area (Å²) in [5.74, 6) is 0. The Bertz CT molecular complexity index is 3790. The van der Waals surface area contributed by atoms with Gasteiger partial charge in [-0.15, -0.1) is 0 Å². The second-order valence-electron chi connectivity index (χ2n) is 18.7. The second-order valence-corrected chi connectivity index (χ2v) is 18.7. The highest BCUT2D eigenvalue weighted by molar-refractivity contribution is 6.27. The fourth-order valence-corrected chi connectivity index (χ4v) is 10.6. The monoisotopic (exact) mass is 892 g/mol. The van der Waals surface area contributed by atoms with Crippen LogP contribution in [0.3, 0.4) is 0 Å². The average molecular weight is 893 g/mol. The van der Waals surface area contributed by atoms with Gasteiger partial charge in [-0.2, -0.15) is 0 Å². The molecule has 2 nitrogen and oxygen atoms in total. The van der Waals surface area contributed by atoms with Crippen LogP contribution in [-0.2, 0) is 0 Å². The third-order valence-electron chi connectivity index (χ3n) is 14.3. The third kappa shape index (κ3) is 7.30. The molecule has 70 heavy (non-hydrogen) atoms. The minimum absolute atomic E-state index is 1.12. The fraction of sp³-hybridized carbons (Fsp3) is 0.0294. The summed E-state index contributed by atoms with van der Waals surface area (Å²) in [7, 11) is 0. The van der Waals surface area contributed by atoms with Gasteiger partial charge in [0.25, 0.3) is 0 Å². The van der Waals surface area contributed by atoms with Crippen LogP contribution in [-0.4, -0.2) is 0 Å². The van der Waals surface area contributed by atoms with Gasteiger partial charge in [-0.05, 0) is 151 Å². The van der Waals surface area contributed by atoms with E-state index in [1.54, 1.807) is 0 Å². The number of hydrogen-bond acceptors (Lipinski definition) is 2. The molecule has 0 bridgehead atoms. The summed E-state index contributed by atoms with van der Waals surface area (Å²) < 4.78 is 0. The standard InChI is InChI=1S/C68H48N2/c1-45-9-33-57(34-10-45)69(63-43-31-55-27-25-51-5-3-7-53-29-41-61(63)67(55)65(51)53)59-37-21-49(22-38-59)19-17-47-13-15-48(16-14-47)18-20-50-23-39-60(40-24-50)70(58-35-11-46(2)12-36-58)64-44-32-56-28-26-52-6-4-8-54-30-42-62(64)68(56)66(52)54/h3-44H,1-2H3/b19-17+,20-18+. The normalized spacial score (nSPS) is 12.0. The van der Waals surface area contributed by atoms with Crippen molar-refractivity contribution in [2.45, 2.75) is 13.8 Å². The van der Waals surface area contributed by atoms with Crippen molar-refractivity contribution in [2.75, 3.05) is 9.80 Å². The number of anilines is 6. The molecule has 0 saturated carbocycles. The number of hydrogen-bond donors (Lipinski definition) is 0. The summed E-state index contributed by atoms with van der Waals surface area (Å²) in [5.41, 5.74) is 13.9. The molecular formula is C68H48N2. The van der Waals surface area contributed by atoms with E-state index in [1.807, 2.05) is 0 Å². The van der Waals surface area contributed by atoms with E-state index in [0.717, 1.165) is 45.0 Å².